The predicted octanol–water partition coefficient (Wildman–Crippen LogP) is 4.46. The number of ether oxygens (including phenoxy) is 2. The van der Waals surface area contributed by atoms with Crippen LogP contribution < -0.4 is 4.74 Å². The number of hydrogen-bond donors (Lipinski definition) is 0. The smallest absolute Gasteiger partial charge is 0.358 e. The summed E-state index contributed by atoms with van der Waals surface area (Å²) in [6.07, 6.45) is 1.77. The largest absolute Gasteiger partial charge is 0.497 e. The molecule has 7 heteroatoms. The van der Waals surface area contributed by atoms with Gasteiger partial charge in [0.2, 0.25) is 5.78 Å². The van der Waals surface area contributed by atoms with Gasteiger partial charge in [-0.25, -0.2) is 9.78 Å². The third-order valence-corrected chi connectivity index (χ3v) is 5.46. The van der Waals surface area contributed by atoms with E-state index in [0.717, 1.165) is 22.7 Å². The third kappa shape index (κ3) is 4.46. The number of methoxy groups -OCH3 is 1. The fourth-order valence-corrected chi connectivity index (χ4v) is 3.81. The van der Waals surface area contributed by atoms with Crippen molar-refractivity contribution in [3.8, 4) is 16.3 Å². The Kier molecular flexibility index (Phi) is 6.29. The number of thiazole rings is 1. The van der Waals surface area contributed by atoms with E-state index in [9.17, 15) is 9.59 Å². The van der Waals surface area contributed by atoms with E-state index < -0.39 is 5.97 Å². The van der Waals surface area contributed by atoms with E-state index in [1.54, 1.807) is 24.6 Å². The number of benzene rings is 1. The summed E-state index contributed by atoms with van der Waals surface area (Å²) in [6, 6.07) is 9.21. The van der Waals surface area contributed by atoms with E-state index >= 15 is 0 Å². The molecule has 0 saturated carbocycles. The summed E-state index contributed by atoms with van der Waals surface area (Å²) < 4.78 is 12.3. The van der Waals surface area contributed by atoms with Crippen LogP contribution in [0.5, 0.6) is 5.75 Å². The standard InChI is InChI=1S/C22H22N2O4S/c1-5-10-24-14(2)11-18(15(24)3)20(25)12-28-22(26)19-13-29-21(23-19)16-6-8-17(27-4)9-7-16/h5-9,11,13H,1,10,12H2,2-4H3. The Morgan fingerprint density at radius 3 is 2.62 bits per heavy atom. The number of allylic oxidation sites excluding steroid dienone is 1. The molecule has 0 bridgehead atoms. The predicted molar refractivity (Wildman–Crippen MR) is 113 cm³/mol. The van der Waals surface area contributed by atoms with Crippen LogP contribution in [0.15, 0.2) is 48.4 Å². The van der Waals surface area contributed by atoms with Gasteiger partial charge in [0.15, 0.2) is 12.3 Å². The van der Waals surface area contributed by atoms with Crippen LogP contribution in [-0.2, 0) is 11.3 Å². The molecule has 0 atom stereocenters. The van der Waals surface area contributed by atoms with Gasteiger partial charge in [0.1, 0.15) is 10.8 Å². The van der Waals surface area contributed by atoms with Crippen molar-refractivity contribution in [1.82, 2.24) is 9.55 Å². The first kappa shape index (κ1) is 20.5. The highest BCUT2D eigenvalue weighted by Gasteiger charge is 2.19. The minimum atomic E-state index is -0.616. The molecule has 3 rings (SSSR count). The van der Waals surface area contributed by atoms with Gasteiger partial charge >= 0.3 is 5.97 Å². The summed E-state index contributed by atoms with van der Waals surface area (Å²) in [4.78, 5) is 29.2. The molecule has 6 nitrogen and oxygen atoms in total. The van der Waals surface area contributed by atoms with Gasteiger partial charge in [-0.15, -0.1) is 17.9 Å². The molecule has 3 aromatic rings. The quantitative estimate of drug-likeness (QED) is 0.311. The van der Waals surface area contributed by atoms with Crippen molar-refractivity contribution >= 4 is 23.1 Å². The van der Waals surface area contributed by atoms with Crippen LogP contribution in [0.1, 0.15) is 32.2 Å². The maximum Gasteiger partial charge on any atom is 0.358 e. The number of carbonyl (C=O) groups excluding carboxylic acids is 2. The second-order valence-corrected chi connectivity index (χ2v) is 7.31. The molecule has 0 aliphatic heterocycles. The minimum absolute atomic E-state index is 0.186. The van der Waals surface area contributed by atoms with E-state index in [4.69, 9.17) is 9.47 Å². The first-order valence-electron chi connectivity index (χ1n) is 9.02. The molecule has 1 aromatic carbocycles. The van der Waals surface area contributed by atoms with Gasteiger partial charge in [0, 0.05) is 34.4 Å². The second kappa shape index (κ2) is 8.87. The molecule has 0 N–H and O–H groups in total. The van der Waals surface area contributed by atoms with Crippen LogP contribution in [0.3, 0.4) is 0 Å². The van der Waals surface area contributed by atoms with Gasteiger partial charge in [-0.05, 0) is 44.2 Å². The molecule has 0 fully saturated rings. The molecule has 0 spiro atoms. The Bertz CT molecular complexity index is 1050. The molecule has 29 heavy (non-hydrogen) atoms. The summed E-state index contributed by atoms with van der Waals surface area (Å²) in [5, 5.41) is 2.32. The minimum Gasteiger partial charge on any atom is -0.497 e. The van der Waals surface area contributed by atoms with E-state index in [-0.39, 0.29) is 18.1 Å². The van der Waals surface area contributed by atoms with Crippen LogP contribution in [0.4, 0.5) is 0 Å². The van der Waals surface area contributed by atoms with Crippen LogP contribution in [0, 0.1) is 13.8 Å². The monoisotopic (exact) mass is 410 g/mol. The number of aromatic nitrogens is 2. The first-order valence-corrected chi connectivity index (χ1v) is 9.90. The highest BCUT2D eigenvalue weighted by atomic mass is 32.1. The first-order chi connectivity index (χ1) is 13.9. The lowest BCUT2D eigenvalue weighted by atomic mass is 10.1. The number of esters is 1. The summed E-state index contributed by atoms with van der Waals surface area (Å²) in [6.45, 7) is 7.82. The van der Waals surface area contributed by atoms with Crippen LogP contribution in [0.2, 0.25) is 0 Å². The fraction of sp³-hybridized carbons (Fsp3) is 0.227. The molecule has 0 unspecified atom stereocenters. The van der Waals surface area contributed by atoms with Crippen molar-refractivity contribution in [2.75, 3.05) is 13.7 Å². The molecule has 0 amide bonds. The van der Waals surface area contributed by atoms with E-state index in [1.165, 1.54) is 11.3 Å². The second-order valence-electron chi connectivity index (χ2n) is 6.45. The Balaban J connectivity index is 1.65. The number of aryl methyl sites for hydroxylation is 1. The van der Waals surface area contributed by atoms with Gasteiger partial charge in [0.05, 0.1) is 7.11 Å². The highest BCUT2D eigenvalue weighted by molar-refractivity contribution is 7.13. The van der Waals surface area contributed by atoms with Crippen molar-refractivity contribution in [2.24, 2.45) is 0 Å². The number of Topliss-reactive ketones (excluding diaryl/α,β-unsaturated/α-hetero) is 1. The molecule has 0 radical (unpaired) electrons. The topological polar surface area (TPSA) is 70.4 Å². The van der Waals surface area contributed by atoms with Crippen LogP contribution in [0.25, 0.3) is 10.6 Å². The Morgan fingerprint density at radius 2 is 1.97 bits per heavy atom. The van der Waals surface area contributed by atoms with Gasteiger partial charge in [0.25, 0.3) is 0 Å². The zero-order chi connectivity index (χ0) is 21.0. The van der Waals surface area contributed by atoms with Crippen molar-refractivity contribution < 1.29 is 19.1 Å². The van der Waals surface area contributed by atoms with E-state index in [0.29, 0.717) is 17.1 Å². The van der Waals surface area contributed by atoms with Gasteiger partial charge in [-0.1, -0.05) is 6.08 Å². The lowest BCUT2D eigenvalue weighted by molar-refractivity contribution is 0.0469. The molecule has 0 aliphatic carbocycles. The Morgan fingerprint density at radius 1 is 1.24 bits per heavy atom. The maximum absolute atomic E-state index is 12.5. The lowest BCUT2D eigenvalue weighted by Gasteiger charge is -2.06. The molecule has 150 valence electrons. The summed E-state index contributed by atoms with van der Waals surface area (Å²) >= 11 is 1.34. The molecular formula is C22H22N2O4S. The number of carbonyl (C=O) groups is 2. The molecule has 0 aliphatic rings. The van der Waals surface area contributed by atoms with Crippen molar-refractivity contribution in [1.29, 1.82) is 0 Å². The fourth-order valence-electron chi connectivity index (χ4n) is 3.01. The van der Waals surface area contributed by atoms with Crippen molar-refractivity contribution in [3.63, 3.8) is 0 Å². The Hall–Kier alpha value is -3.19. The lowest BCUT2D eigenvalue weighted by Crippen LogP contribution is -2.15. The number of ketones is 1. The number of hydrogen-bond acceptors (Lipinski definition) is 6. The summed E-state index contributed by atoms with van der Waals surface area (Å²) in [5.74, 6) is -0.113. The van der Waals surface area contributed by atoms with Crippen LogP contribution >= 0.6 is 11.3 Å². The van der Waals surface area contributed by atoms with Gasteiger partial charge in [-0.2, -0.15) is 0 Å². The summed E-state index contributed by atoms with van der Waals surface area (Å²) in [7, 11) is 1.60. The molecule has 2 aromatic heterocycles. The van der Waals surface area contributed by atoms with E-state index in [2.05, 4.69) is 11.6 Å². The summed E-state index contributed by atoms with van der Waals surface area (Å²) in [5.41, 5.74) is 3.40. The highest BCUT2D eigenvalue weighted by Crippen LogP contribution is 2.26. The normalized spacial score (nSPS) is 10.6. The zero-order valence-electron chi connectivity index (χ0n) is 16.6. The molecular weight excluding hydrogens is 388 g/mol. The number of nitrogens with zero attached hydrogens (tertiary/aromatic N) is 2. The third-order valence-electron chi connectivity index (χ3n) is 4.57. The van der Waals surface area contributed by atoms with Gasteiger partial charge in [-0.3, -0.25) is 4.79 Å². The van der Waals surface area contributed by atoms with E-state index in [1.807, 2.05) is 42.7 Å². The van der Waals surface area contributed by atoms with Crippen molar-refractivity contribution in [2.45, 2.75) is 20.4 Å². The maximum atomic E-state index is 12.5. The average molecular weight is 410 g/mol. The van der Waals surface area contributed by atoms with Crippen LogP contribution in [-0.4, -0.2) is 35.0 Å². The SMILES string of the molecule is C=CCn1c(C)cc(C(=O)COC(=O)c2csc(-c3ccc(OC)cc3)n2)c1C. The zero-order valence-corrected chi connectivity index (χ0v) is 17.4. The average Bonchev–Trinajstić information content (AvgIpc) is 3.33. The van der Waals surface area contributed by atoms with Gasteiger partial charge < -0.3 is 14.0 Å². The molecule has 2 heterocycles. The Labute approximate surface area is 173 Å². The van der Waals surface area contributed by atoms with Crippen molar-refractivity contribution in [3.05, 3.63) is 71.0 Å². The number of rotatable bonds is 8. The molecule has 0 saturated heterocycles.